The first-order valence-electron chi connectivity index (χ1n) is 9.26. The molecular formula is C21H18BrClN4O2S. The van der Waals surface area contributed by atoms with Gasteiger partial charge in [0.25, 0.3) is 0 Å². The molecule has 0 aliphatic heterocycles. The molecule has 1 N–H and O–H groups in total. The third-order valence-electron chi connectivity index (χ3n) is 4.53. The molecule has 2 aromatic heterocycles. The second-order valence-electron chi connectivity index (χ2n) is 6.64. The van der Waals surface area contributed by atoms with E-state index in [-0.39, 0.29) is 11.7 Å². The molecular weight excluding hydrogens is 488 g/mol. The predicted molar refractivity (Wildman–Crippen MR) is 124 cm³/mol. The quantitative estimate of drug-likeness (QED) is 0.317. The van der Waals surface area contributed by atoms with Crippen molar-refractivity contribution in [2.24, 2.45) is 0 Å². The topological polar surface area (TPSA) is 73.0 Å². The number of aryl methyl sites for hydroxylation is 1. The van der Waals surface area contributed by atoms with Crippen LogP contribution in [0.4, 0.5) is 5.69 Å². The lowest BCUT2D eigenvalue weighted by Crippen LogP contribution is -2.15. The lowest BCUT2D eigenvalue weighted by atomic mass is 10.2. The smallest absolute Gasteiger partial charge is 0.234 e. The summed E-state index contributed by atoms with van der Waals surface area (Å²) in [6.07, 6.45) is 0. The summed E-state index contributed by atoms with van der Waals surface area (Å²) in [5, 5.41) is 13.7. The molecule has 2 aromatic carbocycles. The molecule has 0 spiro atoms. The summed E-state index contributed by atoms with van der Waals surface area (Å²) < 4.78 is 8.83. The predicted octanol–water partition coefficient (Wildman–Crippen LogP) is 6.17. The highest BCUT2D eigenvalue weighted by Gasteiger charge is 2.18. The Labute approximate surface area is 191 Å². The molecule has 0 aliphatic rings. The zero-order valence-corrected chi connectivity index (χ0v) is 19.4. The van der Waals surface area contributed by atoms with Crippen LogP contribution in [0, 0.1) is 6.92 Å². The molecule has 4 rings (SSSR count). The van der Waals surface area contributed by atoms with Crippen molar-refractivity contribution in [3.05, 3.63) is 57.5 Å². The van der Waals surface area contributed by atoms with Crippen LogP contribution in [0.3, 0.4) is 0 Å². The van der Waals surface area contributed by atoms with E-state index in [4.69, 9.17) is 16.0 Å². The molecule has 0 atom stereocenters. The Morgan fingerprint density at radius 3 is 2.83 bits per heavy atom. The third kappa shape index (κ3) is 4.40. The molecule has 0 aliphatic carbocycles. The van der Waals surface area contributed by atoms with Crippen LogP contribution >= 0.6 is 39.3 Å². The van der Waals surface area contributed by atoms with Crippen LogP contribution in [0.5, 0.6) is 0 Å². The molecule has 0 fully saturated rings. The van der Waals surface area contributed by atoms with Gasteiger partial charge in [-0.25, -0.2) is 0 Å². The number of thioether (sulfide) groups is 1. The summed E-state index contributed by atoms with van der Waals surface area (Å²) in [5.74, 6) is 1.36. The van der Waals surface area contributed by atoms with Gasteiger partial charge in [0, 0.05) is 27.1 Å². The van der Waals surface area contributed by atoms with Gasteiger partial charge < -0.3 is 9.73 Å². The number of benzene rings is 2. The van der Waals surface area contributed by atoms with Crippen LogP contribution in [0.1, 0.15) is 12.5 Å². The normalized spacial score (nSPS) is 11.2. The standard InChI is InChI=1S/C21H18BrClN4O2S/c1-3-27-20(18-10-13-9-15(23)5-7-17(13)29-18)25-26-21(27)30-11-19(28)24-16-6-4-14(22)8-12(16)2/h4-10H,3,11H2,1-2H3,(H,24,28). The zero-order valence-electron chi connectivity index (χ0n) is 16.3. The molecule has 1 amide bonds. The van der Waals surface area contributed by atoms with Crippen molar-refractivity contribution in [2.45, 2.75) is 25.5 Å². The number of amides is 1. The first kappa shape index (κ1) is 21.0. The zero-order chi connectivity index (χ0) is 21.3. The largest absolute Gasteiger partial charge is 0.453 e. The van der Waals surface area contributed by atoms with Gasteiger partial charge in [0.2, 0.25) is 11.7 Å². The van der Waals surface area contributed by atoms with Gasteiger partial charge in [-0.15, -0.1) is 10.2 Å². The van der Waals surface area contributed by atoms with Gasteiger partial charge in [0.05, 0.1) is 5.75 Å². The van der Waals surface area contributed by atoms with Crippen molar-refractivity contribution in [1.82, 2.24) is 14.8 Å². The Morgan fingerprint density at radius 2 is 2.07 bits per heavy atom. The van der Waals surface area contributed by atoms with E-state index < -0.39 is 0 Å². The molecule has 9 heteroatoms. The number of fused-ring (bicyclic) bond motifs is 1. The van der Waals surface area contributed by atoms with Gasteiger partial charge in [0.1, 0.15) is 5.58 Å². The second kappa shape index (κ2) is 8.83. The van der Waals surface area contributed by atoms with Crippen molar-refractivity contribution < 1.29 is 9.21 Å². The maximum Gasteiger partial charge on any atom is 0.234 e. The molecule has 6 nitrogen and oxygen atoms in total. The monoisotopic (exact) mass is 504 g/mol. The Hall–Kier alpha value is -2.29. The van der Waals surface area contributed by atoms with Crippen molar-refractivity contribution in [3.63, 3.8) is 0 Å². The van der Waals surface area contributed by atoms with Crippen molar-refractivity contribution in [3.8, 4) is 11.6 Å². The number of aromatic nitrogens is 3. The number of carbonyl (C=O) groups excluding carboxylic acids is 1. The lowest BCUT2D eigenvalue weighted by Gasteiger charge is -2.09. The first-order chi connectivity index (χ1) is 14.4. The molecule has 0 unspecified atom stereocenters. The highest BCUT2D eigenvalue weighted by atomic mass is 79.9. The van der Waals surface area contributed by atoms with E-state index in [9.17, 15) is 4.79 Å². The van der Waals surface area contributed by atoms with Gasteiger partial charge in [-0.05, 0) is 61.9 Å². The van der Waals surface area contributed by atoms with Crippen LogP contribution in [0.15, 0.2) is 56.5 Å². The average Bonchev–Trinajstić information content (AvgIpc) is 3.31. The van der Waals surface area contributed by atoms with Gasteiger partial charge in [-0.2, -0.15) is 0 Å². The lowest BCUT2D eigenvalue weighted by molar-refractivity contribution is -0.113. The van der Waals surface area contributed by atoms with E-state index in [1.165, 1.54) is 11.8 Å². The van der Waals surface area contributed by atoms with Crippen molar-refractivity contribution >= 4 is 61.9 Å². The summed E-state index contributed by atoms with van der Waals surface area (Å²) >= 11 is 10.8. The van der Waals surface area contributed by atoms with Crippen LogP contribution in [0.25, 0.3) is 22.6 Å². The number of rotatable bonds is 6. The number of furan rings is 1. The average molecular weight is 506 g/mol. The van der Waals surface area contributed by atoms with E-state index in [0.717, 1.165) is 26.7 Å². The summed E-state index contributed by atoms with van der Waals surface area (Å²) in [7, 11) is 0. The number of hydrogen-bond donors (Lipinski definition) is 1. The van der Waals surface area contributed by atoms with Gasteiger partial charge in [-0.1, -0.05) is 39.3 Å². The third-order valence-corrected chi connectivity index (χ3v) is 6.22. The number of anilines is 1. The SMILES string of the molecule is CCn1c(SCC(=O)Nc2ccc(Br)cc2C)nnc1-c1cc2cc(Cl)ccc2o1. The summed E-state index contributed by atoms with van der Waals surface area (Å²) in [5.41, 5.74) is 2.52. The fourth-order valence-electron chi connectivity index (χ4n) is 3.07. The van der Waals surface area contributed by atoms with Crippen molar-refractivity contribution in [1.29, 1.82) is 0 Å². The molecule has 0 saturated heterocycles. The highest BCUT2D eigenvalue weighted by molar-refractivity contribution is 9.10. The Kier molecular flexibility index (Phi) is 6.17. The summed E-state index contributed by atoms with van der Waals surface area (Å²) in [4.78, 5) is 12.4. The maximum atomic E-state index is 12.4. The molecule has 0 saturated carbocycles. The molecule has 4 aromatic rings. The number of nitrogens with one attached hydrogen (secondary N) is 1. The Bertz CT molecular complexity index is 1240. The molecule has 0 bridgehead atoms. The fraction of sp³-hybridized carbons (Fsp3) is 0.190. The number of hydrogen-bond acceptors (Lipinski definition) is 5. The van der Waals surface area contributed by atoms with Crippen LogP contribution in [-0.4, -0.2) is 26.4 Å². The summed E-state index contributed by atoms with van der Waals surface area (Å²) in [6.45, 7) is 4.60. The molecule has 2 heterocycles. The summed E-state index contributed by atoms with van der Waals surface area (Å²) in [6, 6.07) is 13.1. The van der Waals surface area contributed by atoms with Gasteiger partial charge >= 0.3 is 0 Å². The molecule has 0 radical (unpaired) electrons. The second-order valence-corrected chi connectivity index (χ2v) is 8.93. The Balaban J connectivity index is 1.49. The number of carbonyl (C=O) groups is 1. The first-order valence-corrected chi connectivity index (χ1v) is 11.4. The van der Waals surface area contributed by atoms with Crippen LogP contribution in [0.2, 0.25) is 5.02 Å². The molecule has 30 heavy (non-hydrogen) atoms. The minimum atomic E-state index is -0.101. The van der Waals surface area contributed by atoms with E-state index in [1.54, 1.807) is 6.07 Å². The van der Waals surface area contributed by atoms with E-state index in [0.29, 0.717) is 28.3 Å². The van der Waals surface area contributed by atoms with Gasteiger partial charge in [-0.3, -0.25) is 9.36 Å². The number of halogens is 2. The van der Waals surface area contributed by atoms with E-state index >= 15 is 0 Å². The maximum absolute atomic E-state index is 12.4. The minimum Gasteiger partial charge on any atom is -0.453 e. The van der Waals surface area contributed by atoms with Gasteiger partial charge in [0.15, 0.2) is 10.9 Å². The van der Waals surface area contributed by atoms with Crippen molar-refractivity contribution in [2.75, 3.05) is 11.1 Å². The highest BCUT2D eigenvalue weighted by Crippen LogP contribution is 2.30. The van der Waals surface area contributed by atoms with E-state index in [2.05, 4.69) is 31.4 Å². The van der Waals surface area contributed by atoms with E-state index in [1.807, 2.05) is 54.8 Å². The van der Waals surface area contributed by atoms with Crippen LogP contribution in [-0.2, 0) is 11.3 Å². The van der Waals surface area contributed by atoms with Crippen LogP contribution < -0.4 is 5.32 Å². The number of nitrogens with zero attached hydrogens (tertiary/aromatic N) is 3. The minimum absolute atomic E-state index is 0.101. The molecule has 154 valence electrons. The fourth-order valence-corrected chi connectivity index (χ4v) is 4.53. The Morgan fingerprint density at radius 1 is 1.23 bits per heavy atom.